The number of aromatic carboxylic acids is 1. The first kappa shape index (κ1) is 18.9. The number of benzene rings is 2. The van der Waals surface area contributed by atoms with Gasteiger partial charge in [0.05, 0.1) is 17.5 Å². The molecule has 0 aliphatic heterocycles. The zero-order chi connectivity index (χ0) is 20.9. The first-order valence-corrected chi connectivity index (χ1v) is 9.20. The number of nitrogens with one attached hydrogen (secondary N) is 1. The third kappa shape index (κ3) is 4.05. The summed E-state index contributed by atoms with van der Waals surface area (Å²) in [5, 5.41) is 13.1. The third-order valence-electron chi connectivity index (χ3n) is 4.57. The molecule has 4 rings (SSSR count). The van der Waals surface area contributed by atoms with E-state index in [0.29, 0.717) is 5.56 Å². The Morgan fingerprint density at radius 3 is 2.10 bits per heavy atom. The minimum absolute atomic E-state index is 0.219. The van der Waals surface area contributed by atoms with E-state index in [0.717, 1.165) is 17.1 Å². The topological polar surface area (TPSA) is 88.6 Å². The van der Waals surface area contributed by atoms with Crippen LogP contribution < -0.4 is 5.43 Å². The maximum Gasteiger partial charge on any atom is 0.335 e. The van der Waals surface area contributed by atoms with Crippen LogP contribution in [0, 0.1) is 0 Å². The summed E-state index contributed by atoms with van der Waals surface area (Å²) >= 11 is 0. The Kier molecular flexibility index (Phi) is 5.25. The van der Waals surface area contributed by atoms with Crippen molar-refractivity contribution in [3.63, 3.8) is 0 Å². The van der Waals surface area contributed by atoms with Gasteiger partial charge in [-0.2, -0.15) is 5.10 Å². The van der Waals surface area contributed by atoms with Gasteiger partial charge in [0.1, 0.15) is 0 Å². The molecule has 7 nitrogen and oxygen atoms in total. The third-order valence-corrected chi connectivity index (χ3v) is 4.57. The normalized spacial score (nSPS) is 10.9. The number of hydrazone groups is 1. The van der Waals surface area contributed by atoms with Gasteiger partial charge in [0, 0.05) is 35.5 Å². The first-order valence-electron chi connectivity index (χ1n) is 9.20. The van der Waals surface area contributed by atoms with E-state index in [1.54, 1.807) is 24.3 Å². The average molecular weight is 398 g/mol. The van der Waals surface area contributed by atoms with Gasteiger partial charge < -0.3 is 14.2 Å². The summed E-state index contributed by atoms with van der Waals surface area (Å²) < 4.78 is 3.80. The lowest BCUT2D eigenvalue weighted by Gasteiger charge is -2.07. The van der Waals surface area contributed by atoms with E-state index in [2.05, 4.69) is 10.5 Å². The summed E-state index contributed by atoms with van der Waals surface area (Å²) in [5.74, 6) is -1.28. The van der Waals surface area contributed by atoms with Gasteiger partial charge in [-0.05, 0) is 72.8 Å². The summed E-state index contributed by atoms with van der Waals surface area (Å²) in [6, 6.07) is 21.3. The molecule has 2 heterocycles. The fourth-order valence-electron chi connectivity index (χ4n) is 3.01. The van der Waals surface area contributed by atoms with E-state index < -0.39 is 5.97 Å². The van der Waals surface area contributed by atoms with Crippen molar-refractivity contribution in [2.24, 2.45) is 5.10 Å². The van der Waals surface area contributed by atoms with Crippen LogP contribution in [-0.4, -0.2) is 32.3 Å². The Bertz CT molecular complexity index is 1190. The fraction of sp³-hybridized carbons (Fsp3) is 0. The fourth-order valence-corrected chi connectivity index (χ4v) is 3.01. The van der Waals surface area contributed by atoms with Gasteiger partial charge in [0.2, 0.25) is 0 Å². The number of amides is 1. The Hall–Kier alpha value is -4.39. The molecular formula is C23H18N4O3. The van der Waals surface area contributed by atoms with Gasteiger partial charge in [-0.3, -0.25) is 4.79 Å². The van der Waals surface area contributed by atoms with Crippen molar-refractivity contribution < 1.29 is 14.7 Å². The standard InChI is InChI=1S/C23H18N4O3/c28-22(17-5-9-19(10-6-17)26-13-1-2-14-26)25-24-16-21-4-3-15-27(21)20-11-7-18(8-12-20)23(29)30/h1-16H,(H,25,28)(H,29,30)/b24-16+. The molecule has 7 heteroatoms. The number of carboxylic acid groups (broad SMARTS) is 1. The summed E-state index contributed by atoms with van der Waals surface area (Å²) in [7, 11) is 0. The lowest BCUT2D eigenvalue weighted by Crippen LogP contribution is -2.17. The SMILES string of the molecule is O=C(O)c1ccc(-n2cccc2/C=N/NC(=O)c2ccc(-n3cccc3)cc2)cc1. The van der Waals surface area contributed by atoms with E-state index >= 15 is 0 Å². The van der Waals surface area contributed by atoms with Crippen LogP contribution in [0.25, 0.3) is 11.4 Å². The first-order chi connectivity index (χ1) is 14.6. The molecule has 0 radical (unpaired) electrons. The molecule has 0 fully saturated rings. The maximum absolute atomic E-state index is 12.3. The summed E-state index contributed by atoms with van der Waals surface area (Å²) in [5.41, 5.74) is 5.74. The second-order valence-electron chi connectivity index (χ2n) is 6.49. The minimum Gasteiger partial charge on any atom is -0.478 e. The van der Waals surface area contributed by atoms with Crippen molar-refractivity contribution in [3.8, 4) is 11.4 Å². The van der Waals surface area contributed by atoms with Crippen molar-refractivity contribution in [2.45, 2.75) is 0 Å². The largest absolute Gasteiger partial charge is 0.478 e. The van der Waals surface area contributed by atoms with Crippen LogP contribution >= 0.6 is 0 Å². The zero-order valence-corrected chi connectivity index (χ0v) is 15.8. The second-order valence-corrected chi connectivity index (χ2v) is 6.49. The predicted octanol–water partition coefficient (Wildman–Crippen LogP) is 3.73. The van der Waals surface area contributed by atoms with E-state index in [4.69, 9.17) is 5.11 Å². The van der Waals surface area contributed by atoms with Gasteiger partial charge in [0.15, 0.2) is 0 Å². The van der Waals surface area contributed by atoms with E-state index in [-0.39, 0.29) is 11.5 Å². The van der Waals surface area contributed by atoms with E-state index in [1.165, 1.54) is 18.3 Å². The van der Waals surface area contributed by atoms with Crippen molar-refractivity contribution in [1.82, 2.24) is 14.6 Å². The Morgan fingerprint density at radius 1 is 0.800 bits per heavy atom. The molecule has 2 N–H and O–H groups in total. The molecule has 2 aromatic carbocycles. The number of hydrogen-bond donors (Lipinski definition) is 2. The monoisotopic (exact) mass is 398 g/mol. The number of carbonyl (C=O) groups is 2. The Balaban J connectivity index is 1.43. The van der Waals surface area contributed by atoms with Crippen LogP contribution in [0.3, 0.4) is 0 Å². The van der Waals surface area contributed by atoms with Crippen molar-refractivity contribution in [3.05, 3.63) is 108 Å². The van der Waals surface area contributed by atoms with Gasteiger partial charge in [-0.25, -0.2) is 10.2 Å². The maximum atomic E-state index is 12.3. The smallest absolute Gasteiger partial charge is 0.335 e. The molecular weight excluding hydrogens is 380 g/mol. The number of aromatic nitrogens is 2. The highest BCUT2D eigenvalue weighted by atomic mass is 16.4. The number of carbonyl (C=O) groups excluding carboxylic acids is 1. The van der Waals surface area contributed by atoms with Crippen LogP contribution in [-0.2, 0) is 0 Å². The average Bonchev–Trinajstić information content (AvgIpc) is 3.46. The summed E-state index contributed by atoms with van der Waals surface area (Å²) in [4.78, 5) is 23.3. The summed E-state index contributed by atoms with van der Waals surface area (Å²) in [6.45, 7) is 0. The molecule has 0 saturated carbocycles. The minimum atomic E-state index is -0.972. The van der Waals surface area contributed by atoms with Gasteiger partial charge in [-0.1, -0.05) is 0 Å². The van der Waals surface area contributed by atoms with Gasteiger partial charge in [0.25, 0.3) is 5.91 Å². The quantitative estimate of drug-likeness (QED) is 0.383. The number of rotatable bonds is 6. The molecule has 2 aromatic heterocycles. The van der Waals surface area contributed by atoms with Gasteiger partial charge in [-0.15, -0.1) is 0 Å². The van der Waals surface area contributed by atoms with Crippen molar-refractivity contribution >= 4 is 18.1 Å². The van der Waals surface area contributed by atoms with Crippen LogP contribution in [0.15, 0.2) is 96.5 Å². The van der Waals surface area contributed by atoms with Crippen LogP contribution in [0.2, 0.25) is 0 Å². The summed E-state index contributed by atoms with van der Waals surface area (Å²) in [6.07, 6.45) is 7.24. The van der Waals surface area contributed by atoms with Crippen LogP contribution in [0.4, 0.5) is 0 Å². The molecule has 0 aliphatic rings. The number of hydrogen-bond acceptors (Lipinski definition) is 3. The van der Waals surface area contributed by atoms with Crippen LogP contribution in [0.5, 0.6) is 0 Å². The van der Waals surface area contributed by atoms with E-state index in [9.17, 15) is 9.59 Å². The van der Waals surface area contributed by atoms with Crippen LogP contribution in [0.1, 0.15) is 26.4 Å². The molecule has 148 valence electrons. The zero-order valence-electron chi connectivity index (χ0n) is 15.8. The second kappa shape index (κ2) is 8.32. The number of carboxylic acids is 1. The molecule has 0 spiro atoms. The molecule has 0 bridgehead atoms. The molecule has 0 saturated heterocycles. The Labute approximate surface area is 172 Å². The molecule has 0 atom stereocenters. The molecule has 0 aliphatic carbocycles. The molecule has 4 aromatic rings. The lowest BCUT2D eigenvalue weighted by atomic mass is 10.2. The molecule has 30 heavy (non-hydrogen) atoms. The van der Waals surface area contributed by atoms with E-state index in [1.807, 2.05) is 64.1 Å². The highest BCUT2D eigenvalue weighted by Crippen LogP contribution is 2.13. The number of nitrogens with zero attached hydrogens (tertiary/aromatic N) is 3. The van der Waals surface area contributed by atoms with Gasteiger partial charge >= 0.3 is 5.97 Å². The molecule has 0 unspecified atom stereocenters. The highest BCUT2D eigenvalue weighted by Gasteiger charge is 2.06. The van der Waals surface area contributed by atoms with Crippen molar-refractivity contribution in [1.29, 1.82) is 0 Å². The Morgan fingerprint density at radius 2 is 1.43 bits per heavy atom. The lowest BCUT2D eigenvalue weighted by molar-refractivity contribution is 0.0696. The van der Waals surface area contributed by atoms with Crippen molar-refractivity contribution in [2.75, 3.05) is 0 Å². The molecule has 1 amide bonds. The highest BCUT2D eigenvalue weighted by molar-refractivity contribution is 5.95. The predicted molar refractivity (Wildman–Crippen MR) is 114 cm³/mol.